The van der Waals surface area contributed by atoms with Gasteiger partial charge in [0.1, 0.15) is 0 Å². The zero-order chi connectivity index (χ0) is 14.7. The number of hydrogen-bond donors (Lipinski definition) is 1. The minimum atomic E-state index is 0.409. The Balaban J connectivity index is 1.78. The van der Waals surface area contributed by atoms with Gasteiger partial charge in [0.2, 0.25) is 0 Å². The summed E-state index contributed by atoms with van der Waals surface area (Å²) in [7, 11) is 0. The molecule has 2 aromatic rings. The summed E-state index contributed by atoms with van der Waals surface area (Å²) in [5.41, 5.74) is 2.71. The van der Waals surface area contributed by atoms with Crippen molar-refractivity contribution in [1.29, 1.82) is 0 Å². The fraction of sp³-hybridized carbons (Fsp3) is 0.389. The number of nitrogens with zero attached hydrogens (tertiary/aromatic N) is 2. The second kappa shape index (κ2) is 6.37. The molecule has 0 saturated carbocycles. The molecule has 1 aromatic carbocycles. The Morgan fingerprint density at radius 2 is 1.86 bits per heavy atom. The van der Waals surface area contributed by atoms with Gasteiger partial charge in [-0.3, -0.25) is 9.88 Å². The first kappa shape index (κ1) is 14.2. The minimum Gasteiger partial charge on any atom is -0.307 e. The molecule has 1 fully saturated rings. The Hall–Kier alpha value is -1.71. The zero-order valence-corrected chi connectivity index (χ0v) is 12.7. The standard InChI is InChI=1S/C18H23N3/c1-14-12-20-18(17-6-4-3-5-7-17)13-21(14)15(2)16-8-10-19-11-9-16/h3-11,14-15,18,20H,12-13H2,1-2H3. The number of rotatable bonds is 3. The Labute approximate surface area is 127 Å². The van der Waals surface area contributed by atoms with Gasteiger partial charge in [-0.15, -0.1) is 0 Å². The predicted octanol–water partition coefficient (Wildman–Crippen LogP) is 3.18. The highest BCUT2D eigenvalue weighted by Crippen LogP contribution is 2.28. The summed E-state index contributed by atoms with van der Waals surface area (Å²) < 4.78 is 0. The van der Waals surface area contributed by atoms with Gasteiger partial charge in [0.05, 0.1) is 0 Å². The Bertz CT molecular complexity index is 555. The third-order valence-corrected chi connectivity index (χ3v) is 4.51. The summed E-state index contributed by atoms with van der Waals surface area (Å²) in [6.07, 6.45) is 3.76. The fourth-order valence-electron chi connectivity index (χ4n) is 3.17. The van der Waals surface area contributed by atoms with Crippen molar-refractivity contribution in [2.45, 2.75) is 32.0 Å². The minimum absolute atomic E-state index is 0.409. The van der Waals surface area contributed by atoms with E-state index in [1.54, 1.807) is 0 Å². The van der Waals surface area contributed by atoms with E-state index < -0.39 is 0 Å². The number of benzene rings is 1. The van der Waals surface area contributed by atoms with Crippen molar-refractivity contribution < 1.29 is 0 Å². The van der Waals surface area contributed by atoms with Gasteiger partial charge >= 0.3 is 0 Å². The number of nitrogens with one attached hydrogen (secondary N) is 1. The van der Waals surface area contributed by atoms with Gasteiger partial charge in [0.15, 0.2) is 0 Å². The molecule has 3 unspecified atom stereocenters. The lowest BCUT2D eigenvalue weighted by molar-refractivity contribution is 0.0987. The van der Waals surface area contributed by atoms with E-state index in [4.69, 9.17) is 0 Å². The molecule has 1 aromatic heterocycles. The van der Waals surface area contributed by atoms with Crippen LogP contribution in [0.3, 0.4) is 0 Å². The molecular weight excluding hydrogens is 258 g/mol. The molecule has 1 N–H and O–H groups in total. The van der Waals surface area contributed by atoms with Crippen LogP contribution in [-0.2, 0) is 0 Å². The maximum Gasteiger partial charge on any atom is 0.0450 e. The monoisotopic (exact) mass is 281 g/mol. The Morgan fingerprint density at radius 1 is 1.14 bits per heavy atom. The van der Waals surface area contributed by atoms with E-state index in [0.717, 1.165) is 13.1 Å². The molecule has 3 rings (SSSR count). The molecule has 3 heteroatoms. The van der Waals surface area contributed by atoms with Crippen LogP contribution in [0.2, 0.25) is 0 Å². The molecule has 3 nitrogen and oxygen atoms in total. The number of pyridine rings is 1. The molecule has 0 amide bonds. The molecule has 1 saturated heterocycles. The van der Waals surface area contributed by atoms with Gasteiger partial charge in [-0.05, 0) is 37.1 Å². The fourth-order valence-corrected chi connectivity index (χ4v) is 3.17. The molecule has 3 atom stereocenters. The van der Waals surface area contributed by atoms with E-state index in [-0.39, 0.29) is 0 Å². The molecule has 1 aliphatic heterocycles. The van der Waals surface area contributed by atoms with Gasteiger partial charge in [0, 0.05) is 43.6 Å². The quantitative estimate of drug-likeness (QED) is 0.936. The Kier molecular flexibility index (Phi) is 4.32. The topological polar surface area (TPSA) is 28.2 Å². The molecule has 0 radical (unpaired) electrons. The van der Waals surface area contributed by atoms with Gasteiger partial charge in [-0.2, -0.15) is 0 Å². The van der Waals surface area contributed by atoms with Crippen molar-refractivity contribution in [3.8, 4) is 0 Å². The third-order valence-electron chi connectivity index (χ3n) is 4.51. The highest BCUT2D eigenvalue weighted by Gasteiger charge is 2.29. The molecule has 2 heterocycles. The van der Waals surface area contributed by atoms with Gasteiger partial charge < -0.3 is 5.32 Å². The van der Waals surface area contributed by atoms with E-state index in [1.807, 2.05) is 12.4 Å². The van der Waals surface area contributed by atoms with E-state index in [2.05, 4.69) is 71.5 Å². The van der Waals surface area contributed by atoms with Crippen molar-refractivity contribution in [2.24, 2.45) is 0 Å². The molecule has 0 spiro atoms. The van der Waals surface area contributed by atoms with Gasteiger partial charge in [-0.25, -0.2) is 0 Å². The summed E-state index contributed by atoms with van der Waals surface area (Å²) >= 11 is 0. The molecule has 0 bridgehead atoms. The second-order valence-corrected chi connectivity index (χ2v) is 5.87. The number of hydrogen-bond acceptors (Lipinski definition) is 3. The van der Waals surface area contributed by atoms with Crippen LogP contribution in [0.15, 0.2) is 54.9 Å². The largest absolute Gasteiger partial charge is 0.307 e. The first-order chi connectivity index (χ1) is 10.3. The molecular formula is C18H23N3. The normalized spacial score (nSPS) is 24.7. The summed E-state index contributed by atoms with van der Waals surface area (Å²) in [6, 6.07) is 16.3. The lowest BCUT2D eigenvalue weighted by atomic mass is 9.98. The summed E-state index contributed by atoms with van der Waals surface area (Å²) in [4.78, 5) is 6.71. The van der Waals surface area contributed by atoms with Crippen molar-refractivity contribution >= 4 is 0 Å². The zero-order valence-electron chi connectivity index (χ0n) is 12.7. The molecule has 110 valence electrons. The van der Waals surface area contributed by atoms with Crippen molar-refractivity contribution in [1.82, 2.24) is 15.2 Å². The van der Waals surface area contributed by atoms with Crippen molar-refractivity contribution in [3.05, 3.63) is 66.0 Å². The number of aromatic nitrogens is 1. The van der Waals surface area contributed by atoms with Crippen LogP contribution in [0, 0.1) is 0 Å². The van der Waals surface area contributed by atoms with Crippen LogP contribution in [0.25, 0.3) is 0 Å². The van der Waals surface area contributed by atoms with Crippen LogP contribution in [0.1, 0.15) is 37.1 Å². The summed E-state index contributed by atoms with van der Waals surface area (Å²) in [6.45, 7) is 6.65. The first-order valence-electron chi connectivity index (χ1n) is 7.69. The highest BCUT2D eigenvalue weighted by molar-refractivity contribution is 5.21. The lowest BCUT2D eigenvalue weighted by Gasteiger charge is -2.42. The van der Waals surface area contributed by atoms with E-state index >= 15 is 0 Å². The maximum atomic E-state index is 4.12. The third kappa shape index (κ3) is 3.14. The average Bonchev–Trinajstić information content (AvgIpc) is 2.56. The Morgan fingerprint density at radius 3 is 2.57 bits per heavy atom. The summed E-state index contributed by atoms with van der Waals surface area (Å²) in [5, 5.41) is 3.67. The molecule has 21 heavy (non-hydrogen) atoms. The summed E-state index contributed by atoms with van der Waals surface area (Å²) in [5.74, 6) is 0. The van der Waals surface area contributed by atoms with E-state index in [9.17, 15) is 0 Å². The molecule has 1 aliphatic rings. The average molecular weight is 281 g/mol. The maximum absolute atomic E-state index is 4.12. The molecule has 0 aliphatic carbocycles. The van der Waals surface area contributed by atoms with Gasteiger partial charge in [0.25, 0.3) is 0 Å². The highest BCUT2D eigenvalue weighted by atomic mass is 15.2. The predicted molar refractivity (Wildman–Crippen MR) is 86.0 cm³/mol. The smallest absolute Gasteiger partial charge is 0.0450 e. The van der Waals surface area contributed by atoms with Crippen LogP contribution in [0.4, 0.5) is 0 Å². The van der Waals surface area contributed by atoms with Crippen LogP contribution >= 0.6 is 0 Å². The van der Waals surface area contributed by atoms with Crippen LogP contribution in [0.5, 0.6) is 0 Å². The van der Waals surface area contributed by atoms with Gasteiger partial charge in [-0.1, -0.05) is 30.3 Å². The van der Waals surface area contributed by atoms with E-state index in [1.165, 1.54) is 11.1 Å². The number of piperazine rings is 1. The van der Waals surface area contributed by atoms with Crippen LogP contribution < -0.4 is 5.32 Å². The lowest BCUT2D eigenvalue weighted by Crippen LogP contribution is -2.52. The van der Waals surface area contributed by atoms with E-state index in [0.29, 0.717) is 18.1 Å². The van der Waals surface area contributed by atoms with Crippen molar-refractivity contribution in [2.75, 3.05) is 13.1 Å². The van der Waals surface area contributed by atoms with Crippen molar-refractivity contribution in [3.63, 3.8) is 0 Å². The second-order valence-electron chi connectivity index (χ2n) is 5.87. The van der Waals surface area contributed by atoms with Crippen LogP contribution in [-0.4, -0.2) is 29.0 Å². The SMILES string of the molecule is CC1CNC(c2ccccc2)CN1C(C)c1ccncc1. The first-order valence-corrected chi connectivity index (χ1v) is 7.69.